The number of amides is 1. The Bertz CT molecular complexity index is 1040. The van der Waals surface area contributed by atoms with Crippen LogP contribution in [-0.4, -0.2) is 32.7 Å². The van der Waals surface area contributed by atoms with Crippen LogP contribution in [0.5, 0.6) is 5.75 Å². The zero-order chi connectivity index (χ0) is 21.4. The lowest BCUT2D eigenvalue weighted by atomic mass is 9.89. The summed E-state index contributed by atoms with van der Waals surface area (Å²) in [5.74, 6) is 0.323. The minimum Gasteiger partial charge on any atom is -0.487 e. The Kier molecular flexibility index (Phi) is 5.83. The number of carbonyl (C=O) groups excluding carboxylic acids is 1. The zero-order valence-electron chi connectivity index (χ0n) is 16.9. The van der Waals surface area contributed by atoms with Gasteiger partial charge in [0.2, 0.25) is 15.9 Å². The van der Waals surface area contributed by atoms with Gasteiger partial charge in [-0.25, -0.2) is 8.42 Å². The lowest BCUT2D eigenvalue weighted by Gasteiger charge is -2.38. The number of anilines is 1. The van der Waals surface area contributed by atoms with E-state index in [1.807, 2.05) is 45.0 Å². The Morgan fingerprint density at radius 2 is 1.97 bits per heavy atom. The van der Waals surface area contributed by atoms with Crippen LogP contribution in [0.3, 0.4) is 0 Å². The molecule has 1 atom stereocenters. The summed E-state index contributed by atoms with van der Waals surface area (Å²) in [5.41, 5.74) is 1.61. The van der Waals surface area contributed by atoms with E-state index in [1.54, 1.807) is 18.2 Å². The van der Waals surface area contributed by atoms with E-state index in [2.05, 4.69) is 5.32 Å². The number of sulfonamides is 1. The maximum Gasteiger partial charge on any atom is 0.241 e. The fourth-order valence-electron chi connectivity index (χ4n) is 3.44. The van der Waals surface area contributed by atoms with Crippen LogP contribution in [0.2, 0.25) is 5.02 Å². The van der Waals surface area contributed by atoms with Gasteiger partial charge in [0.1, 0.15) is 17.9 Å². The SMILES string of the molecule is Cc1ccc(N(CC(=O)NC2CC(C)(C)Oc3ccccc32)S(C)(=O)=O)cc1Cl. The number of rotatable bonds is 5. The van der Waals surface area contributed by atoms with Crippen LogP contribution >= 0.6 is 11.6 Å². The molecule has 0 aromatic heterocycles. The van der Waals surface area contributed by atoms with Crippen molar-refractivity contribution in [3.05, 3.63) is 58.6 Å². The minimum atomic E-state index is -3.68. The number of fused-ring (bicyclic) bond motifs is 1. The Hall–Kier alpha value is -2.25. The molecule has 1 amide bonds. The standard InChI is InChI=1S/C21H25ClN2O4S/c1-14-9-10-15(11-17(14)22)24(29(4,26)27)13-20(25)23-18-12-21(2,3)28-19-8-6-5-7-16(18)19/h5-11,18H,12-13H2,1-4H3,(H,23,25). The first kappa shape index (κ1) is 21.5. The van der Waals surface area contributed by atoms with E-state index in [0.717, 1.165) is 27.4 Å². The summed E-state index contributed by atoms with van der Waals surface area (Å²) in [6.45, 7) is 5.41. The lowest BCUT2D eigenvalue weighted by Crippen LogP contribution is -2.45. The van der Waals surface area contributed by atoms with Gasteiger partial charge < -0.3 is 10.1 Å². The van der Waals surface area contributed by atoms with Crippen molar-refractivity contribution in [1.82, 2.24) is 5.32 Å². The molecule has 0 aliphatic carbocycles. The van der Waals surface area contributed by atoms with Crippen molar-refractivity contribution in [3.8, 4) is 5.75 Å². The van der Waals surface area contributed by atoms with Crippen molar-refractivity contribution >= 4 is 33.2 Å². The first-order chi connectivity index (χ1) is 13.5. The predicted octanol–water partition coefficient (Wildman–Crippen LogP) is 3.83. The van der Waals surface area contributed by atoms with Crippen molar-refractivity contribution in [2.24, 2.45) is 0 Å². The van der Waals surface area contributed by atoms with Crippen molar-refractivity contribution in [1.29, 1.82) is 0 Å². The first-order valence-corrected chi connectivity index (χ1v) is 11.5. The van der Waals surface area contributed by atoms with E-state index in [-0.39, 0.29) is 12.6 Å². The highest BCUT2D eigenvalue weighted by Crippen LogP contribution is 2.39. The van der Waals surface area contributed by atoms with E-state index in [9.17, 15) is 13.2 Å². The maximum absolute atomic E-state index is 12.8. The third-order valence-electron chi connectivity index (χ3n) is 4.84. The molecular formula is C21H25ClN2O4S. The van der Waals surface area contributed by atoms with Crippen LogP contribution in [-0.2, 0) is 14.8 Å². The van der Waals surface area contributed by atoms with Gasteiger partial charge in [0.05, 0.1) is 18.0 Å². The van der Waals surface area contributed by atoms with Crippen LogP contribution in [0.15, 0.2) is 42.5 Å². The largest absolute Gasteiger partial charge is 0.487 e. The van der Waals surface area contributed by atoms with E-state index < -0.39 is 21.5 Å². The van der Waals surface area contributed by atoms with Crippen LogP contribution in [0.25, 0.3) is 0 Å². The Morgan fingerprint density at radius 3 is 2.62 bits per heavy atom. The molecule has 2 aromatic carbocycles. The number of nitrogens with zero attached hydrogens (tertiary/aromatic N) is 1. The number of hydrogen-bond acceptors (Lipinski definition) is 4. The molecule has 1 N–H and O–H groups in total. The molecular weight excluding hydrogens is 412 g/mol. The number of para-hydroxylation sites is 1. The quantitative estimate of drug-likeness (QED) is 0.772. The molecule has 29 heavy (non-hydrogen) atoms. The minimum absolute atomic E-state index is 0.273. The van der Waals surface area contributed by atoms with Gasteiger partial charge in [-0.05, 0) is 44.5 Å². The van der Waals surface area contributed by atoms with Gasteiger partial charge in [0.25, 0.3) is 0 Å². The van der Waals surface area contributed by atoms with E-state index >= 15 is 0 Å². The Morgan fingerprint density at radius 1 is 1.28 bits per heavy atom. The van der Waals surface area contributed by atoms with Crippen molar-refractivity contribution in [2.45, 2.75) is 38.8 Å². The fourth-order valence-corrected chi connectivity index (χ4v) is 4.46. The summed E-state index contributed by atoms with van der Waals surface area (Å²) in [6, 6.07) is 12.2. The topological polar surface area (TPSA) is 75.7 Å². The van der Waals surface area contributed by atoms with Crippen LogP contribution < -0.4 is 14.4 Å². The first-order valence-electron chi connectivity index (χ1n) is 9.27. The summed E-state index contributed by atoms with van der Waals surface area (Å²) in [5, 5.41) is 3.41. The molecule has 0 saturated heterocycles. The van der Waals surface area contributed by atoms with Crippen molar-refractivity contribution in [3.63, 3.8) is 0 Å². The monoisotopic (exact) mass is 436 g/mol. The average Bonchev–Trinajstić information content (AvgIpc) is 2.60. The van der Waals surface area contributed by atoms with Gasteiger partial charge in [-0.15, -0.1) is 0 Å². The molecule has 8 heteroatoms. The van der Waals surface area contributed by atoms with Crippen molar-refractivity contribution in [2.75, 3.05) is 17.1 Å². The highest BCUT2D eigenvalue weighted by molar-refractivity contribution is 7.92. The summed E-state index contributed by atoms with van der Waals surface area (Å²) in [6.07, 6.45) is 1.64. The molecule has 156 valence electrons. The zero-order valence-corrected chi connectivity index (χ0v) is 18.5. The van der Waals surface area contributed by atoms with Gasteiger partial charge >= 0.3 is 0 Å². The number of hydrogen-bond donors (Lipinski definition) is 1. The lowest BCUT2D eigenvalue weighted by molar-refractivity contribution is -0.120. The second kappa shape index (κ2) is 7.88. The third-order valence-corrected chi connectivity index (χ3v) is 6.39. The van der Waals surface area contributed by atoms with Crippen LogP contribution in [0.1, 0.15) is 37.4 Å². The second-order valence-electron chi connectivity index (χ2n) is 7.93. The molecule has 0 radical (unpaired) electrons. The predicted molar refractivity (Wildman–Crippen MR) is 115 cm³/mol. The molecule has 3 rings (SSSR count). The highest BCUT2D eigenvalue weighted by Gasteiger charge is 2.34. The molecule has 0 bridgehead atoms. The number of nitrogens with one attached hydrogen (secondary N) is 1. The molecule has 0 fully saturated rings. The van der Waals surface area contributed by atoms with Crippen LogP contribution in [0, 0.1) is 6.92 Å². The number of ether oxygens (including phenoxy) is 1. The summed E-state index contributed by atoms with van der Waals surface area (Å²) < 4.78 is 31.7. The van der Waals surface area contributed by atoms with Crippen molar-refractivity contribution < 1.29 is 17.9 Å². The molecule has 2 aromatic rings. The average molecular weight is 437 g/mol. The molecule has 6 nitrogen and oxygen atoms in total. The summed E-state index contributed by atoms with van der Waals surface area (Å²) >= 11 is 6.15. The molecule has 1 heterocycles. The molecule has 1 aliphatic heterocycles. The van der Waals surface area contributed by atoms with E-state index in [1.165, 1.54) is 0 Å². The van der Waals surface area contributed by atoms with E-state index in [0.29, 0.717) is 17.1 Å². The van der Waals surface area contributed by atoms with Gasteiger partial charge in [0.15, 0.2) is 0 Å². The second-order valence-corrected chi connectivity index (χ2v) is 10.2. The molecule has 1 unspecified atom stereocenters. The normalized spacial score (nSPS) is 17.8. The van der Waals surface area contributed by atoms with Gasteiger partial charge in [-0.1, -0.05) is 35.9 Å². The van der Waals surface area contributed by atoms with Gasteiger partial charge in [-0.2, -0.15) is 0 Å². The molecule has 0 spiro atoms. The smallest absolute Gasteiger partial charge is 0.241 e. The number of halogens is 1. The fraction of sp³-hybridized carbons (Fsp3) is 0.381. The number of carbonyl (C=O) groups is 1. The van der Waals surface area contributed by atoms with Gasteiger partial charge in [0, 0.05) is 17.0 Å². The number of benzene rings is 2. The van der Waals surface area contributed by atoms with E-state index in [4.69, 9.17) is 16.3 Å². The van der Waals surface area contributed by atoms with Crippen LogP contribution in [0.4, 0.5) is 5.69 Å². The number of aryl methyl sites for hydroxylation is 1. The molecule has 1 aliphatic rings. The Labute approximate surface area is 176 Å². The highest BCUT2D eigenvalue weighted by atomic mass is 35.5. The van der Waals surface area contributed by atoms with Gasteiger partial charge in [-0.3, -0.25) is 9.10 Å². The molecule has 0 saturated carbocycles. The Balaban J connectivity index is 1.83. The summed E-state index contributed by atoms with van der Waals surface area (Å²) in [7, 11) is -3.68. The summed E-state index contributed by atoms with van der Waals surface area (Å²) in [4.78, 5) is 12.8. The maximum atomic E-state index is 12.8. The third kappa shape index (κ3) is 5.03.